The highest BCUT2D eigenvalue weighted by Crippen LogP contribution is 2.32. The number of hydrogen-bond donors (Lipinski definition) is 0. The van der Waals surface area contributed by atoms with Gasteiger partial charge in [0.05, 0.1) is 17.3 Å². The first-order valence-corrected chi connectivity index (χ1v) is 9.56. The Hall–Kier alpha value is -0.440. The maximum absolute atomic E-state index is 12.7. The van der Waals surface area contributed by atoms with Gasteiger partial charge in [-0.2, -0.15) is 4.31 Å². The Morgan fingerprint density at radius 3 is 2.52 bits per heavy atom. The third-order valence-electron chi connectivity index (χ3n) is 2.79. The van der Waals surface area contributed by atoms with Crippen molar-refractivity contribution in [3.63, 3.8) is 0 Å². The van der Waals surface area contributed by atoms with Crippen LogP contribution in [0.4, 0.5) is 0 Å². The lowest BCUT2D eigenvalue weighted by Gasteiger charge is -2.22. The average Bonchev–Trinajstić information content (AvgIpc) is 2.74. The number of methoxy groups -OCH3 is 1. The second-order valence-electron chi connectivity index (χ2n) is 5.11. The number of carbonyl (C=O) groups excluding carboxylic acids is 1. The summed E-state index contributed by atoms with van der Waals surface area (Å²) in [6.07, 6.45) is 0.0496. The molecule has 0 bridgehead atoms. The molecule has 0 unspecified atom stereocenters. The summed E-state index contributed by atoms with van der Waals surface area (Å²) in [5.41, 5.74) is 0.885. The molecule has 0 N–H and O–H groups in total. The van der Waals surface area contributed by atoms with Crippen molar-refractivity contribution in [1.82, 2.24) is 4.31 Å². The summed E-state index contributed by atoms with van der Waals surface area (Å²) >= 11 is 4.53. The molecular formula is C13H20BrNO4S2. The molecule has 21 heavy (non-hydrogen) atoms. The normalized spacial score (nSPS) is 12.1. The molecule has 1 rings (SSSR count). The van der Waals surface area contributed by atoms with E-state index in [1.807, 2.05) is 20.8 Å². The van der Waals surface area contributed by atoms with Gasteiger partial charge >= 0.3 is 5.97 Å². The number of hydrogen-bond acceptors (Lipinski definition) is 5. The highest BCUT2D eigenvalue weighted by Gasteiger charge is 2.28. The first-order valence-electron chi connectivity index (χ1n) is 6.51. The summed E-state index contributed by atoms with van der Waals surface area (Å²) < 4.78 is 32.4. The van der Waals surface area contributed by atoms with E-state index >= 15 is 0 Å². The number of esters is 1. The standard InChI is InChI=1S/C13H20BrNO4S2/c1-9(2)8-15(6-5-11(16)19-4)21(17,18)12-7-10(3)13(14)20-12/h7,9H,5-6,8H2,1-4H3. The molecule has 8 heteroatoms. The molecule has 1 aromatic heterocycles. The fraction of sp³-hybridized carbons (Fsp3) is 0.615. The van der Waals surface area contributed by atoms with Crippen LogP contribution in [0.15, 0.2) is 14.1 Å². The lowest BCUT2D eigenvalue weighted by atomic mass is 10.2. The Balaban J connectivity index is 3.02. The first-order chi connectivity index (χ1) is 9.68. The molecule has 0 aliphatic rings. The van der Waals surface area contributed by atoms with Crippen molar-refractivity contribution in [2.24, 2.45) is 5.92 Å². The zero-order chi connectivity index (χ0) is 16.2. The van der Waals surface area contributed by atoms with E-state index in [9.17, 15) is 13.2 Å². The fourth-order valence-corrected chi connectivity index (χ4v) is 5.71. The Kier molecular flexibility index (Phi) is 6.83. The van der Waals surface area contributed by atoms with Crippen LogP contribution < -0.4 is 0 Å². The molecule has 0 spiro atoms. The van der Waals surface area contributed by atoms with E-state index in [1.54, 1.807) is 6.07 Å². The third-order valence-corrected chi connectivity index (χ3v) is 7.24. The zero-order valence-electron chi connectivity index (χ0n) is 12.6. The van der Waals surface area contributed by atoms with Crippen molar-refractivity contribution in [2.75, 3.05) is 20.2 Å². The van der Waals surface area contributed by atoms with Crippen molar-refractivity contribution < 1.29 is 17.9 Å². The van der Waals surface area contributed by atoms with Gasteiger partial charge in [-0.3, -0.25) is 4.79 Å². The SMILES string of the molecule is COC(=O)CCN(CC(C)C)S(=O)(=O)c1cc(C)c(Br)s1. The lowest BCUT2D eigenvalue weighted by molar-refractivity contribution is -0.140. The minimum atomic E-state index is -3.59. The number of halogens is 1. The van der Waals surface area contributed by atoms with Crippen LogP contribution in [0, 0.1) is 12.8 Å². The third kappa shape index (κ3) is 5.05. The van der Waals surface area contributed by atoms with Crippen molar-refractivity contribution >= 4 is 43.3 Å². The summed E-state index contributed by atoms with van der Waals surface area (Å²) in [7, 11) is -2.29. The number of thiophene rings is 1. The van der Waals surface area contributed by atoms with E-state index in [4.69, 9.17) is 0 Å². The smallest absolute Gasteiger partial charge is 0.306 e. The van der Waals surface area contributed by atoms with Gasteiger partial charge in [0.1, 0.15) is 4.21 Å². The predicted octanol–water partition coefficient (Wildman–Crippen LogP) is 3.03. The summed E-state index contributed by atoms with van der Waals surface area (Å²) in [4.78, 5) is 11.3. The van der Waals surface area contributed by atoms with E-state index in [2.05, 4.69) is 20.7 Å². The van der Waals surface area contributed by atoms with E-state index < -0.39 is 16.0 Å². The number of ether oxygens (including phenoxy) is 1. The molecule has 1 aromatic rings. The molecule has 0 radical (unpaired) electrons. The van der Waals surface area contributed by atoms with Crippen molar-refractivity contribution in [3.05, 3.63) is 15.4 Å². The van der Waals surface area contributed by atoms with Gasteiger partial charge < -0.3 is 4.74 Å². The van der Waals surface area contributed by atoms with Crippen LogP contribution in [0.1, 0.15) is 25.8 Å². The van der Waals surface area contributed by atoms with Crippen LogP contribution in [0.3, 0.4) is 0 Å². The topological polar surface area (TPSA) is 63.7 Å². The minimum absolute atomic E-state index is 0.0496. The van der Waals surface area contributed by atoms with E-state index in [0.717, 1.165) is 9.35 Å². The maximum Gasteiger partial charge on any atom is 0.306 e. The molecule has 0 amide bonds. The van der Waals surface area contributed by atoms with Crippen molar-refractivity contribution in [1.29, 1.82) is 0 Å². The predicted molar refractivity (Wildman–Crippen MR) is 87.0 cm³/mol. The van der Waals surface area contributed by atoms with Gasteiger partial charge in [0.2, 0.25) is 0 Å². The monoisotopic (exact) mass is 397 g/mol. The van der Waals surface area contributed by atoms with Gasteiger partial charge in [0.25, 0.3) is 10.0 Å². The highest BCUT2D eigenvalue weighted by atomic mass is 79.9. The van der Waals surface area contributed by atoms with E-state index in [0.29, 0.717) is 6.54 Å². The molecule has 0 aromatic carbocycles. The van der Waals surface area contributed by atoms with Crippen LogP contribution in [0.25, 0.3) is 0 Å². The molecular weight excluding hydrogens is 378 g/mol. The first kappa shape index (κ1) is 18.6. The molecule has 0 aliphatic carbocycles. The van der Waals surface area contributed by atoms with Gasteiger partial charge in [-0.25, -0.2) is 8.42 Å². The molecule has 0 saturated carbocycles. The Morgan fingerprint density at radius 1 is 1.48 bits per heavy atom. The zero-order valence-corrected chi connectivity index (χ0v) is 15.8. The Bertz CT molecular complexity index is 576. The molecule has 1 heterocycles. The fourth-order valence-electron chi connectivity index (χ4n) is 1.72. The largest absolute Gasteiger partial charge is 0.469 e. The maximum atomic E-state index is 12.7. The summed E-state index contributed by atoms with van der Waals surface area (Å²) in [6.45, 7) is 6.23. The van der Waals surface area contributed by atoms with Crippen LogP contribution in [-0.2, 0) is 19.6 Å². The van der Waals surface area contributed by atoms with Crippen LogP contribution >= 0.6 is 27.3 Å². The molecule has 0 aliphatic heterocycles. The van der Waals surface area contributed by atoms with Crippen LogP contribution in [0.2, 0.25) is 0 Å². The second kappa shape index (κ2) is 7.71. The summed E-state index contributed by atoms with van der Waals surface area (Å²) in [6, 6.07) is 1.65. The highest BCUT2D eigenvalue weighted by molar-refractivity contribution is 9.11. The quantitative estimate of drug-likeness (QED) is 0.663. The lowest BCUT2D eigenvalue weighted by Crippen LogP contribution is -2.35. The minimum Gasteiger partial charge on any atom is -0.469 e. The van der Waals surface area contributed by atoms with Gasteiger partial charge in [0.15, 0.2) is 0 Å². The second-order valence-corrected chi connectivity index (χ2v) is 9.64. The van der Waals surface area contributed by atoms with Gasteiger partial charge in [0, 0.05) is 13.1 Å². The summed E-state index contributed by atoms with van der Waals surface area (Å²) in [5, 5.41) is 0. The number of aryl methyl sites for hydroxylation is 1. The van der Waals surface area contributed by atoms with Crippen LogP contribution in [-0.4, -0.2) is 38.9 Å². The van der Waals surface area contributed by atoms with E-state index in [1.165, 1.54) is 22.8 Å². The van der Waals surface area contributed by atoms with E-state index in [-0.39, 0.29) is 23.1 Å². The Labute approximate surface area is 138 Å². The molecule has 0 fully saturated rings. The van der Waals surface area contributed by atoms with Crippen molar-refractivity contribution in [2.45, 2.75) is 31.4 Å². The molecule has 5 nitrogen and oxygen atoms in total. The molecule has 0 atom stereocenters. The van der Waals surface area contributed by atoms with Crippen LogP contribution in [0.5, 0.6) is 0 Å². The molecule has 0 saturated heterocycles. The number of nitrogens with zero attached hydrogens (tertiary/aromatic N) is 1. The van der Waals surface area contributed by atoms with Crippen molar-refractivity contribution in [3.8, 4) is 0 Å². The summed E-state index contributed by atoms with van der Waals surface area (Å²) in [5.74, 6) is -0.246. The number of carbonyl (C=O) groups is 1. The number of rotatable bonds is 7. The van der Waals surface area contributed by atoms with Gasteiger partial charge in [-0.05, 0) is 40.4 Å². The van der Waals surface area contributed by atoms with Gasteiger partial charge in [-0.1, -0.05) is 13.8 Å². The van der Waals surface area contributed by atoms with Gasteiger partial charge in [-0.15, -0.1) is 11.3 Å². The Morgan fingerprint density at radius 2 is 2.10 bits per heavy atom. The number of sulfonamides is 1. The molecule has 120 valence electrons. The average molecular weight is 398 g/mol.